The van der Waals surface area contributed by atoms with Gasteiger partial charge in [0.1, 0.15) is 12.1 Å². The quantitative estimate of drug-likeness (QED) is 0.216. The Morgan fingerprint density at radius 2 is 1.47 bits per heavy atom. The van der Waals surface area contributed by atoms with Gasteiger partial charge in [0.2, 0.25) is 17.7 Å². The zero-order valence-corrected chi connectivity index (χ0v) is 24.3. The number of urea groups is 1. The Morgan fingerprint density at radius 1 is 0.868 bits per heavy atom. The number of nitrogens with two attached hydrogens (primary N) is 1. The summed E-state index contributed by atoms with van der Waals surface area (Å²) < 4.78 is 0. The van der Waals surface area contributed by atoms with Crippen LogP contribution in [-0.4, -0.2) is 54.5 Å². The van der Waals surface area contributed by atoms with Crippen molar-refractivity contribution in [1.29, 1.82) is 0 Å². The second kappa shape index (κ2) is 14.7. The molecule has 1 rings (SSSR count). The molecule has 10 heteroatoms. The molecular formula is C28H48N6O4. The van der Waals surface area contributed by atoms with E-state index in [1.54, 1.807) is 0 Å². The number of rotatable bonds is 13. The number of carbonyl (C=O) groups is 4. The van der Waals surface area contributed by atoms with E-state index in [9.17, 15) is 19.2 Å². The van der Waals surface area contributed by atoms with E-state index in [4.69, 9.17) is 5.73 Å². The zero-order valence-electron chi connectivity index (χ0n) is 24.3. The fourth-order valence-corrected chi connectivity index (χ4v) is 3.66. The molecule has 0 bridgehead atoms. The van der Waals surface area contributed by atoms with Crippen LogP contribution >= 0.6 is 0 Å². The van der Waals surface area contributed by atoms with E-state index in [2.05, 4.69) is 47.4 Å². The lowest BCUT2D eigenvalue weighted by molar-refractivity contribution is -0.132. The predicted molar refractivity (Wildman–Crippen MR) is 152 cm³/mol. The highest BCUT2D eigenvalue weighted by atomic mass is 16.2. The third kappa shape index (κ3) is 12.9. The smallest absolute Gasteiger partial charge is 0.312 e. The van der Waals surface area contributed by atoms with Crippen molar-refractivity contribution in [1.82, 2.24) is 21.3 Å². The molecule has 0 saturated heterocycles. The minimum Gasteiger partial charge on any atom is -0.352 e. The monoisotopic (exact) mass is 532 g/mol. The maximum atomic E-state index is 13.2. The summed E-state index contributed by atoms with van der Waals surface area (Å²) in [6.07, 6.45) is 0.911. The summed E-state index contributed by atoms with van der Waals surface area (Å²) in [6.45, 7) is 16.8. The number of primary amides is 1. The van der Waals surface area contributed by atoms with Gasteiger partial charge in [-0.25, -0.2) is 4.79 Å². The fraction of sp³-hybridized carbons (Fsp3) is 0.643. The molecule has 0 aromatic heterocycles. The van der Waals surface area contributed by atoms with Crippen molar-refractivity contribution in [2.45, 2.75) is 97.7 Å². The van der Waals surface area contributed by atoms with E-state index < -0.39 is 24.0 Å². The van der Waals surface area contributed by atoms with Gasteiger partial charge in [-0.2, -0.15) is 0 Å². The van der Waals surface area contributed by atoms with Crippen LogP contribution in [0.1, 0.15) is 80.2 Å². The van der Waals surface area contributed by atoms with Gasteiger partial charge in [-0.05, 0) is 62.6 Å². The van der Waals surface area contributed by atoms with E-state index in [0.29, 0.717) is 18.7 Å². The third-order valence-corrected chi connectivity index (χ3v) is 5.89. The van der Waals surface area contributed by atoms with Gasteiger partial charge in [-0.15, -0.1) is 0 Å². The second-order valence-corrected chi connectivity index (χ2v) is 12.0. The molecule has 38 heavy (non-hydrogen) atoms. The van der Waals surface area contributed by atoms with Crippen molar-refractivity contribution in [3.63, 3.8) is 0 Å². The van der Waals surface area contributed by atoms with E-state index in [0.717, 1.165) is 5.56 Å². The van der Waals surface area contributed by atoms with Crippen LogP contribution in [-0.2, 0) is 19.8 Å². The summed E-state index contributed by atoms with van der Waals surface area (Å²) in [7, 11) is 0. The molecule has 1 aromatic carbocycles. The van der Waals surface area contributed by atoms with E-state index in [-0.39, 0.29) is 48.1 Å². The lowest BCUT2D eigenvalue weighted by atomic mass is 9.87. The number of nitrogens with one attached hydrogen (secondary N) is 5. The van der Waals surface area contributed by atoms with Gasteiger partial charge in [0.25, 0.3) is 0 Å². The molecule has 0 unspecified atom stereocenters. The highest BCUT2D eigenvalue weighted by Crippen LogP contribution is 2.23. The van der Waals surface area contributed by atoms with Crippen molar-refractivity contribution in [3.8, 4) is 0 Å². The summed E-state index contributed by atoms with van der Waals surface area (Å²) >= 11 is 0. The molecule has 10 nitrogen and oxygen atoms in total. The van der Waals surface area contributed by atoms with Crippen LogP contribution in [0.2, 0.25) is 0 Å². The van der Waals surface area contributed by atoms with Gasteiger partial charge < -0.3 is 32.3 Å². The van der Waals surface area contributed by atoms with Gasteiger partial charge in [0.15, 0.2) is 0 Å². The summed E-state index contributed by atoms with van der Waals surface area (Å²) in [5, 5.41) is 14.2. The Hall–Kier alpha value is -3.14. The molecule has 2 atom stereocenters. The first kappa shape index (κ1) is 32.9. The van der Waals surface area contributed by atoms with Gasteiger partial charge in [-0.1, -0.05) is 46.8 Å². The number of hydrogen-bond donors (Lipinski definition) is 6. The molecular weight excluding hydrogens is 484 g/mol. The lowest BCUT2D eigenvalue weighted by Gasteiger charge is -2.26. The number of amides is 5. The lowest BCUT2D eigenvalue weighted by Crippen LogP contribution is -2.55. The number of anilines is 1. The highest BCUT2D eigenvalue weighted by molar-refractivity contribution is 5.98. The van der Waals surface area contributed by atoms with Crippen molar-refractivity contribution >= 4 is 29.4 Å². The maximum Gasteiger partial charge on any atom is 0.312 e. The zero-order chi connectivity index (χ0) is 29.1. The molecule has 214 valence electrons. The van der Waals surface area contributed by atoms with Gasteiger partial charge >= 0.3 is 6.03 Å². The van der Waals surface area contributed by atoms with Crippen LogP contribution in [0.25, 0.3) is 0 Å². The molecule has 0 spiro atoms. The summed E-state index contributed by atoms with van der Waals surface area (Å²) in [5.74, 6) is -1.27. The van der Waals surface area contributed by atoms with E-state index >= 15 is 0 Å². The Bertz CT molecular complexity index is 932. The number of carbonyl (C=O) groups excluding carboxylic acids is 4. The molecule has 1 aromatic rings. The van der Waals surface area contributed by atoms with E-state index in [1.807, 2.05) is 58.9 Å². The minimum absolute atomic E-state index is 0.0222. The van der Waals surface area contributed by atoms with Crippen molar-refractivity contribution < 1.29 is 19.2 Å². The molecule has 0 aliphatic rings. The second-order valence-electron chi connectivity index (χ2n) is 12.0. The molecule has 0 aliphatic carbocycles. The fourth-order valence-electron chi connectivity index (χ4n) is 3.66. The van der Waals surface area contributed by atoms with Crippen LogP contribution < -0.4 is 32.3 Å². The SMILES string of the molecule is CC(C)[C@H](NC(=O)CCNC(C)(C)C)C(=O)N[C@@H](CCCNC(N)=O)C(=O)Nc1ccc(C(C)(C)C)cc1. The minimum atomic E-state index is -0.875. The average molecular weight is 533 g/mol. The largest absolute Gasteiger partial charge is 0.352 e. The van der Waals surface area contributed by atoms with Gasteiger partial charge in [-0.3, -0.25) is 14.4 Å². The average Bonchev–Trinajstić information content (AvgIpc) is 2.77. The Kier molecular flexibility index (Phi) is 12.7. The van der Waals surface area contributed by atoms with Crippen molar-refractivity contribution in [2.75, 3.05) is 18.4 Å². The Labute approximate surface area is 227 Å². The van der Waals surface area contributed by atoms with Crippen LogP contribution in [0.3, 0.4) is 0 Å². The number of hydrogen-bond acceptors (Lipinski definition) is 5. The summed E-state index contributed by atoms with van der Waals surface area (Å²) in [4.78, 5) is 49.9. The summed E-state index contributed by atoms with van der Waals surface area (Å²) in [6, 6.07) is 5.24. The molecule has 0 radical (unpaired) electrons. The number of benzene rings is 1. The van der Waals surface area contributed by atoms with E-state index in [1.165, 1.54) is 0 Å². The molecule has 7 N–H and O–H groups in total. The third-order valence-electron chi connectivity index (χ3n) is 5.89. The first-order valence-corrected chi connectivity index (χ1v) is 13.3. The Balaban J connectivity index is 2.92. The normalized spacial score (nSPS) is 13.4. The molecule has 0 saturated carbocycles. The predicted octanol–water partition coefficient (Wildman–Crippen LogP) is 2.77. The van der Waals surface area contributed by atoms with Gasteiger partial charge in [0, 0.05) is 30.7 Å². The first-order chi connectivity index (χ1) is 17.5. The highest BCUT2D eigenvalue weighted by Gasteiger charge is 2.29. The Morgan fingerprint density at radius 3 is 1.97 bits per heavy atom. The molecule has 0 fully saturated rings. The van der Waals surface area contributed by atoms with Crippen LogP contribution in [0, 0.1) is 5.92 Å². The van der Waals surface area contributed by atoms with Crippen LogP contribution in [0.5, 0.6) is 0 Å². The maximum absolute atomic E-state index is 13.2. The van der Waals surface area contributed by atoms with Gasteiger partial charge in [0.05, 0.1) is 0 Å². The molecule has 0 aliphatic heterocycles. The van der Waals surface area contributed by atoms with Crippen molar-refractivity contribution in [2.24, 2.45) is 11.7 Å². The standard InChI is InChI=1S/C28H48N6O4/c1-18(2)23(34-22(35)15-17-31-28(6,7)8)25(37)33-21(10-9-16-30-26(29)38)24(36)32-20-13-11-19(12-14-20)27(3,4)5/h11-14,18,21,23,31H,9-10,15-17H2,1-8H3,(H,32,36)(H,33,37)(H,34,35)(H3,29,30,38)/t21-,23-/m0/s1. The molecule has 0 heterocycles. The summed E-state index contributed by atoms with van der Waals surface area (Å²) in [5.41, 5.74) is 6.73. The van der Waals surface area contributed by atoms with Crippen molar-refractivity contribution in [3.05, 3.63) is 29.8 Å². The molecule has 5 amide bonds. The van der Waals surface area contributed by atoms with Crippen LogP contribution in [0.4, 0.5) is 10.5 Å². The topological polar surface area (TPSA) is 154 Å². The van der Waals surface area contributed by atoms with Crippen LogP contribution in [0.15, 0.2) is 24.3 Å². The first-order valence-electron chi connectivity index (χ1n) is 13.3.